The molecule has 208 valence electrons. The van der Waals surface area contributed by atoms with Crippen molar-refractivity contribution >= 4 is 22.6 Å². The van der Waals surface area contributed by atoms with Crippen LogP contribution in [0.4, 0.5) is 14.5 Å². The standard InChI is InChI=1S/C27H32F2N6O4/c1-16(18-10-24(36)30-12-18)39-26-25-21(31-15-35(25)27(28)29)11-20(32-26)17-3-4-22(23(9-17)37-2)34-7-5-33(6-8-34)19-13-38-14-19/h3-4,9,11,15-16,18-19,27H,5-8,10,12-14H2,1-2H3,(H,30,36). The minimum absolute atomic E-state index is 0.0504. The molecule has 6 rings (SSSR count). The number of pyridine rings is 1. The fourth-order valence-electron chi connectivity index (χ4n) is 5.50. The van der Waals surface area contributed by atoms with Gasteiger partial charge in [-0.2, -0.15) is 8.78 Å². The number of halogens is 2. The third-order valence-electron chi connectivity index (χ3n) is 7.97. The lowest BCUT2D eigenvalue weighted by Gasteiger charge is -2.43. The van der Waals surface area contributed by atoms with Crippen molar-refractivity contribution in [3.05, 3.63) is 30.6 Å². The molecule has 3 aromatic rings. The average Bonchev–Trinajstić information content (AvgIpc) is 3.54. The number of imidazole rings is 1. The summed E-state index contributed by atoms with van der Waals surface area (Å²) in [6, 6.07) is 8.08. The molecule has 10 nitrogen and oxygen atoms in total. The van der Waals surface area contributed by atoms with E-state index in [0.717, 1.165) is 61.5 Å². The maximum Gasteiger partial charge on any atom is 0.320 e. The molecule has 2 aromatic heterocycles. The molecular weight excluding hydrogens is 510 g/mol. The molecule has 3 saturated heterocycles. The number of rotatable bonds is 8. The molecule has 3 fully saturated rings. The van der Waals surface area contributed by atoms with Crippen LogP contribution in [-0.2, 0) is 9.53 Å². The molecule has 2 atom stereocenters. The number of alkyl halides is 2. The van der Waals surface area contributed by atoms with Gasteiger partial charge in [0.1, 0.15) is 23.7 Å². The van der Waals surface area contributed by atoms with E-state index in [-0.39, 0.29) is 23.2 Å². The average molecular weight is 543 g/mol. The van der Waals surface area contributed by atoms with Crippen LogP contribution in [0, 0.1) is 5.92 Å². The van der Waals surface area contributed by atoms with Gasteiger partial charge in [-0.3, -0.25) is 14.3 Å². The van der Waals surface area contributed by atoms with Crippen LogP contribution in [0.1, 0.15) is 19.9 Å². The van der Waals surface area contributed by atoms with Gasteiger partial charge < -0.3 is 24.4 Å². The normalized spacial score (nSPS) is 21.3. The number of piperazine rings is 1. The molecule has 0 aliphatic carbocycles. The van der Waals surface area contributed by atoms with Gasteiger partial charge in [0.25, 0.3) is 0 Å². The summed E-state index contributed by atoms with van der Waals surface area (Å²) >= 11 is 0. The third-order valence-corrected chi connectivity index (χ3v) is 7.97. The zero-order valence-corrected chi connectivity index (χ0v) is 22.0. The van der Waals surface area contributed by atoms with Crippen LogP contribution in [0.5, 0.6) is 11.6 Å². The quantitative estimate of drug-likeness (QED) is 0.465. The summed E-state index contributed by atoms with van der Waals surface area (Å²) in [6.45, 7) is 4.81. The first kappa shape index (κ1) is 25.8. The fraction of sp³-hybridized carbons (Fsp3) is 0.519. The Kier molecular flexibility index (Phi) is 6.98. The Morgan fingerprint density at radius 1 is 1.15 bits per heavy atom. The lowest BCUT2D eigenvalue weighted by Crippen LogP contribution is -2.56. The largest absolute Gasteiger partial charge is 0.495 e. The van der Waals surface area contributed by atoms with Crippen LogP contribution >= 0.6 is 0 Å². The Labute approximate surface area is 224 Å². The van der Waals surface area contributed by atoms with E-state index in [0.29, 0.717) is 36.0 Å². The van der Waals surface area contributed by atoms with Crippen molar-refractivity contribution in [2.24, 2.45) is 5.92 Å². The zero-order chi connectivity index (χ0) is 27.1. The van der Waals surface area contributed by atoms with Crippen molar-refractivity contribution in [1.29, 1.82) is 0 Å². The van der Waals surface area contributed by atoms with Gasteiger partial charge in [0.15, 0.2) is 0 Å². The molecule has 1 amide bonds. The molecule has 39 heavy (non-hydrogen) atoms. The Hall–Kier alpha value is -3.51. The second-order valence-corrected chi connectivity index (χ2v) is 10.3. The van der Waals surface area contributed by atoms with Gasteiger partial charge in [-0.05, 0) is 25.1 Å². The van der Waals surface area contributed by atoms with Crippen molar-refractivity contribution < 1.29 is 27.8 Å². The number of hydrogen-bond acceptors (Lipinski definition) is 8. The molecule has 2 unspecified atom stereocenters. The van der Waals surface area contributed by atoms with E-state index >= 15 is 0 Å². The number of benzene rings is 1. The first-order valence-corrected chi connectivity index (χ1v) is 13.3. The fourth-order valence-corrected chi connectivity index (χ4v) is 5.50. The van der Waals surface area contributed by atoms with Crippen molar-refractivity contribution in [1.82, 2.24) is 24.8 Å². The van der Waals surface area contributed by atoms with E-state index < -0.39 is 12.7 Å². The second kappa shape index (κ2) is 10.6. The number of fused-ring (bicyclic) bond motifs is 1. The van der Waals surface area contributed by atoms with Crippen LogP contribution in [0.15, 0.2) is 30.6 Å². The molecular formula is C27H32F2N6O4. The van der Waals surface area contributed by atoms with Crippen molar-refractivity contribution in [2.75, 3.05) is 57.9 Å². The number of anilines is 1. The predicted octanol–water partition coefficient (Wildman–Crippen LogP) is 2.93. The molecule has 0 saturated carbocycles. The van der Waals surface area contributed by atoms with Crippen molar-refractivity contribution in [3.8, 4) is 22.9 Å². The Bertz CT molecular complexity index is 1360. The maximum atomic E-state index is 13.8. The number of nitrogens with one attached hydrogen (secondary N) is 1. The second-order valence-electron chi connectivity index (χ2n) is 10.3. The molecule has 0 spiro atoms. The summed E-state index contributed by atoms with van der Waals surface area (Å²) in [5.41, 5.74) is 2.75. The lowest BCUT2D eigenvalue weighted by molar-refractivity contribution is -0.119. The summed E-state index contributed by atoms with van der Waals surface area (Å²) in [7, 11) is 1.64. The van der Waals surface area contributed by atoms with Gasteiger partial charge in [-0.25, -0.2) is 9.97 Å². The summed E-state index contributed by atoms with van der Waals surface area (Å²) in [4.78, 5) is 25.4. The van der Waals surface area contributed by atoms with Gasteiger partial charge in [-0.15, -0.1) is 0 Å². The highest BCUT2D eigenvalue weighted by Gasteiger charge is 2.31. The Morgan fingerprint density at radius 3 is 2.59 bits per heavy atom. The number of amides is 1. The molecule has 1 N–H and O–H groups in total. The smallest absolute Gasteiger partial charge is 0.320 e. The van der Waals surface area contributed by atoms with Gasteiger partial charge in [-0.1, -0.05) is 6.07 Å². The molecule has 0 radical (unpaired) electrons. The third kappa shape index (κ3) is 4.98. The van der Waals surface area contributed by atoms with Crippen LogP contribution < -0.4 is 19.7 Å². The maximum absolute atomic E-state index is 13.8. The number of carbonyl (C=O) groups is 1. The van der Waals surface area contributed by atoms with E-state index in [9.17, 15) is 13.6 Å². The molecule has 0 bridgehead atoms. The molecule has 3 aliphatic heterocycles. The van der Waals surface area contributed by atoms with Crippen molar-refractivity contribution in [3.63, 3.8) is 0 Å². The lowest BCUT2D eigenvalue weighted by atomic mass is 10.0. The summed E-state index contributed by atoms with van der Waals surface area (Å²) in [5, 5.41) is 2.79. The van der Waals surface area contributed by atoms with E-state index in [1.807, 2.05) is 25.1 Å². The number of methoxy groups -OCH3 is 1. The van der Waals surface area contributed by atoms with Crippen LogP contribution in [0.25, 0.3) is 22.3 Å². The minimum atomic E-state index is -2.80. The monoisotopic (exact) mass is 542 g/mol. The number of carbonyl (C=O) groups excluding carboxylic acids is 1. The van der Waals surface area contributed by atoms with Gasteiger partial charge in [0, 0.05) is 50.6 Å². The zero-order valence-electron chi connectivity index (χ0n) is 22.0. The van der Waals surface area contributed by atoms with E-state index in [1.54, 1.807) is 13.2 Å². The topological polar surface area (TPSA) is 94.0 Å². The number of ether oxygens (including phenoxy) is 3. The van der Waals surface area contributed by atoms with Crippen LogP contribution in [0.3, 0.4) is 0 Å². The van der Waals surface area contributed by atoms with Gasteiger partial charge in [0.2, 0.25) is 11.8 Å². The molecule has 5 heterocycles. The number of hydrogen-bond donors (Lipinski definition) is 1. The summed E-state index contributed by atoms with van der Waals surface area (Å²) < 4.78 is 45.6. The van der Waals surface area contributed by atoms with Gasteiger partial charge >= 0.3 is 6.55 Å². The minimum Gasteiger partial charge on any atom is -0.495 e. The SMILES string of the molecule is COc1cc(-c2cc3ncn(C(F)F)c3c(OC(C)C3CNC(=O)C3)n2)ccc1N1CCN(C2COC2)CC1. The first-order chi connectivity index (χ1) is 18.9. The Morgan fingerprint density at radius 2 is 1.95 bits per heavy atom. The van der Waals surface area contributed by atoms with E-state index in [2.05, 4.69) is 25.1 Å². The highest BCUT2D eigenvalue weighted by molar-refractivity contribution is 5.85. The summed E-state index contributed by atoms with van der Waals surface area (Å²) in [6.07, 6.45) is 0.996. The van der Waals surface area contributed by atoms with Crippen molar-refractivity contribution in [2.45, 2.75) is 32.0 Å². The van der Waals surface area contributed by atoms with Gasteiger partial charge in [0.05, 0.1) is 43.3 Å². The van der Waals surface area contributed by atoms with E-state index in [1.165, 1.54) is 0 Å². The highest BCUT2D eigenvalue weighted by Crippen LogP contribution is 2.37. The Balaban J connectivity index is 1.30. The predicted molar refractivity (Wildman–Crippen MR) is 140 cm³/mol. The first-order valence-electron chi connectivity index (χ1n) is 13.3. The number of aromatic nitrogens is 3. The van der Waals surface area contributed by atoms with Crippen LogP contribution in [-0.4, -0.2) is 90.5 Å². The molecule has 12 heteroatoms. The summed E-state index contributed by atoms with van der Waals surface area (Å²) in [5.74, 6) is 0.633. The molecule has 3 aliphatic rings. The van der Waals surface area contributed by atoms with E-state index in [4.69, 9.17) is 14.2 Å². The van der Waals surface area contributed by atoms with Crippen LogP contribution in [0.2, 0.25) is 0 Å². The molecule has 1 aromatic carbocycles. The highest BCUT2D eigenvalue weighted by atomic mass is 19.3. The number of nitrogens with zero attached hydrogens (tertiary/aromatic N) is 5.